The SMILES string of the molecule is CCNCCNC(=O)C=Cc1cccc([N+](=O)[O-])c1. The number of benzene rings is 1. The van der Waals surface area contributed by atoms with E-state index >= 15 is 0 Å². The summed E-state index contributed by atoms with van der Waals surface area (Å²) in [5.41, 5.74) is 0.630. The third kappa shape index (κ3) is 5.78. The van der Waals surface area contributed by atoms with Crippen LogP contribution in [0.1, 0.15) is 12.5 Å². The van der Waals surface area contributed by atoms with Crippen molar-refractivity contribution < 1.29 is 9.72 Å². The van der Waals surface area contributed by atoms with Crippen LogP contribution in [0.3, 0.4) is 0 Å². The number of nitro groups is 1. The van der Waals surface area contributed by atoms with E-state index in [1.807, 2.05) is 6.92 Å². The van der Waals surface area contributed by atoms with Crippen LogP contribution in [0.4, 0.5) is 5.69 Å². The van der Waals surface area contributed by atoms with Gasteiger partial charge in [-0.25, -0.2) is 0 Å². The van der Waals surface area contributed by atoms with Gasteiger partial charge in [0.25, 0.3) is 5.69 Å². The molecule has 0 heterocycles. The van der Waals surface area contributed by atoms with Gasteiger partial charge in [-0.1, -0.05) is 19.1 Å². The molecule has 0 spiro atoms. The molecule has 0 saturated heterocycles. The van der Waals surface area contributed by atoms with E-state index in [0.29, 0.717) is 18.7 Å². The summed E-state index contributed by atoms with van der Waals surface area (Å²) in [5.74, 6) is -0.218. The number of hydrogen-bond donors (Lipinski definition) is 2. The van der Waals surface area contributed by atoms with E-state index in [0.717, 1.165) is 6.54 Å². The Morgan fingerprint density at radius 2 is 2.21 bits per heavy atom. The van der Waals surface area contributed by atoms with Crippen molar-refractivity contribution in [3.8, 4) is 0 Å². The topological polar surface area (TPSA) is 84.3 Å². The van der Waals surface area contributed by atoms with Crippen molar-refractivity contribution in [2.45, 2.75) is 6.92 Å². The van der Waals surface area contributed by atoms with Crippen molar-refractivity contribution >= 4 is 17.7 Å². The van der Waals surface area contributed by atoms with Gasteiger partial charge in [0.15, 0.2) is 0 Å². The van der Waals surface area contributed by atoms with Gasteiger partial charge >= 0.3 is 0 Å². The first-order valence-corrected chi connectivity index (χ1v) is 6.04. The summed E-state index contributed by atoms with van der Waals surface area (Å²) >= 11 is 0. The number of likely N-dealkylation sites (N-methyl/N-ethyl adjacent to an activating group) is 1. The number of nitrogens with one attached hydrogen (secondary N) is 2. The molecule has 0 fully saturated rings. The fourth-order valence-corrected chi connectivity index (χ4v) is 1.42. The van der Waals surface area contributed by atoms with E-state index < -0.39 is 4.92 Å². The van der Waals surface area contributed by atoms with E-state index in [9.17, 15) is 14.9 Å². The molecule has 1 amide bonds. The molecule has 2 N–H and O–H groups in total. The van der Waals surface area contributed by atoms with Gasteiger partial charge in [-0.15, -0.1) is 0 Å². The molecule has 6 heteroatoms. The molecular formula is C13H17N3O3. The Kier molecular flexibility index (Phi) is 6.25. The molecule has 102 valence electrons. The molecule has 0 aromatic heterocycles. The van der Waals surface area contributed by atoms with E-state index in [2.05, 4.69) is 10.6 Å². The number of carbonyl (C=O) groups excluding carboxylic acids is 1. The molecule has 0 aliphatic heterocycles. The van der Waals surface area contributed by atoms with Gasteiger partial charge in [-0.05, 0) is 18.2 Å². The van der Waals surface area contributed by atoms with Gasteiger partial charge in [0.05, 0.1) is 4.92 Å². The molecule has 6 nitrogen and oxygen atoms in total. The first-order valence-electron chi connectivity index (χ1n) is 6.04. The van der Waals surface area contributed by atoms with Crippen LogP contribution >= 0.6 is 0 Å². The van der Waals surface area contributed by atoms with Crippen LogP contribution < -0.4 is 10.6 Å². The zero-order valence-corrected chi connectivity index (χ0v) is 10.8. The van der Waals surface area contributed by atoms with Crippen molar-refractivity contribution in [2.75, 3.05) is 19.6 Å². The number of non-ortho nitro benzene ring substituents is 1. The van der Waals surface area contributed by atoms with Gasteiger partial charge in [-0.2, -0.15) is 0 Å². The summed E-state index contributed by atoms with van der Waals surface area (Å²) in [6.45, 7) is 4.11. The molecule has 0 radical (unpaired) electrons. The van der Waals surface area contributed by atoms with Gasteiger partial charge in [0.2, 0.25) is 5.91 Å². The minimum Gasteiger partial charge on any atom is -0.351 e. The lowest BCUT2D eigenvalue weighted by Gasteiger charge is -2.02. The van der Waals surface area contributed by atoms with Crippen LogP contribution in [0.25, 0.3) is 6.08 Å². The van der Waals surface area contributed by atoms with E-state index in [1.165, 1.54) is 18.2 Å². The Labute approximate surface area is 111 Å². The van der Waals surface area contributed by atoms with Crippen molar-refractivity contribution in [1.82, 2.24) is 10.6 Å². The highest BCUT2D eigenvalue weighted by atomic mass is 16.6. The largest absolute Gasteiger partial charge is 0.351 e. The number of nitrogens with zero attached hydrogens (tertiary/aromatic N) is 1. The lowest BCUT2D eigenvalue weighted by Crippen LogP contribution is -2.30. The predicted octanol–water partition coefficient (Wildman–Crippen LogP) is 1.33. The molecule has 0 bridgehead atoms. The van der Waals surface area contributed by atoms with Crippen molar-refractivity contribution in [3.63, 3.8) is 0 Å². The number of nitro benzene ring substituents is 1. The first kappa shape index (κ1) is 14.8. The summed E-state index contributed by atoms with van der Waals surface area (Å²) in [5, 5.41) is 16.4. The predicted molar refractivity (Wildman–Crippen MR) is 73.7 cm³/mol. The summed E-state index contributed by atoms with van der Waals surface area (Å²) in [6.07, 6.45) is 2.92. The Morgan fingerprint density at radius 3 is 2.89 bits per heavy atom. The van der Waals surface area contributed by atoms with Crippen LogP contribution in [-0.2, 0) is 4.79 Å². The number of carbonyl (C=O) groups is 1. The van der Waals surface area contributed by atoms with E-state index in [1.54, 1.807) is 18.2 Å². The fraction of sp³-hybridized carbons (Fsp3) is 0.308. The number of amides is 1. The second-order valence-electron chi connectivity index (χ2n) is 3.83. The maximum Gasteiger partial charge on any atom is 0.270 e. The average Bonchev–Trinajstić information content (AvgIpc) is 2.41. The van der Waals surface area contributed by atoms with Gasteiger partial charge in [0.1, 0.15) is 0 Å². The van der Waals surface area contributed by atoms with Gasteiger partial charge in [0, 0.05) is 31.3 Å². The molecule has 0 saturated carbocycles. The highest BCUT2D eigenvalue weighted by Gasteiger charge is 2.03. The second kappa shape index (κ2) is 7.99. The minimum atomic E-state index is -0.464. The minimum absolute atomic E-state index is 0.00899. The van der Waals surface area contributed by atoms with Crippen molar-refractivity contribution in [2.24, 2.45) is 0 Å². The molecule has 0 aliphatic carbocycles. The standard InChI is InChI=1S/C13H17N3O3/c1-2-14-8-9-15-13(17)7-6-11-4-3-5-12(10-11)16(18)19/h3-7,10,14H,2,8-9H2,1H3,(H,15,17). The second-order valence-corrected chi connectivity index (χ2v) is 3.83. The monoisotopic (exact) mass is 263 g/mol. The fourth-order valence-electron chi connectivity index (χ4n) is 1.42. The molecule has 0 atom stereocenters. The Morgan fingerprint density at radius 1 is 1.42 bits per heavy atom. The molecule has 19 heavy (non-hydrogen) atoms. The van der Waals surface area contributed by atoms with Crippen molar-refractivity contribution in [1.29, 1.82) is 0 Å². The molecule has 0 unspecified atom stereocenters. The van der Waals surface area contributed by atoms with Crippen LogP contribution in [0, 0.1) is 10.1 Å². The number of rotatable bonds is 7. The maximum atomic E-state index is 11.4. The Hall–Kier alpha value is -2.21. The first-order chi connectivity index (χ1) is 9.13. The Bertz CT molecular complexity index is 472. The Balaban J connectivity index is 2.49. The normalized spacial score (nSPS) is 10.6. The lowest BCUT2D eigenvalue weighted by atomic mass is 10.2. The number of hydrogen-bond acceptors (Lipinski definition) is 4. The van der Waals surface area contributed by atoms with Crippen LogP contribution in [0.2, 0.25) is 0 Å². The van der Waals surface area contributed by atoms with E-state index in [4.69, 9.17) is 0 Å². The quantitative estimate of drug-likeness (QED) is 0.336. The third-order valence-electron chi connectivity index (χ3n) is 2.36. The highest BCUT2D eigenvalue weighted by molar-refractivity contribution is 5.91. The van der Waals surface area contributed by atoms with Crippen LogP contribution in [-0.4, -0.2) is 30.5 Å². The molecule has 1 rings (SSSR count). The zero-order valence-electron chi connectivity index (χ0n) is 10.8. The molecule has 1 aromatic carbocycles. The maximum absolute atomic E-state index is 11.4. The molecular weight excluding hydrogens is 246 g/mol. The summed E-state index contributed by atoms with van der Waals surface area (Å²) in [4.78, 5) is 21.6. The molecule has 0 aliphatic rings. The van der Waals surface area contributed by atoms with Crippen LogP contribution in [0.15, 0.2) is 30.3 Å². The van der Waals surface area contributed by atoms with Crippen LogP contribution in [0.5, 0.6) is 0 Å². The summed E-state index contributed by atoms with van der Waals surface area (Å²) in [6, 6.07) is 6.12. The lowest BCUT2D eigenvalue weighted by molar-refractivity contribution is -0.384. The highest BCUT2D eigenvalue weighted by Crippen LogP contribution is 2.13. The third-order valence-corrected chi connectivity index (χ3v) is 2.36. The zero-order chi connectivity index (χ0) is 14.1. The van der Waals surface area contributed by atoms with Gasteiger partial charge in [-0.3, -0.25) is 14.9 Å². The smallest absolute Gasteiger partial charge is 0.270 e. The van der Waals surface area contributed by atoms with Crippen molar-refractivity contribution in [3.05, 3.63) is 46.0 Å². The average molecular weight is 263 g/mol. The van der Waals surface area contributed by atoms with Gasteiger partial charge < -0.3 is 10.6 Å². The molecule has 1 aromatic rings. The summed E-state index contributed by atoms with van der Waals surface area (Å²) < 4.78 is 0. The van der Waals surface area contributed by atoms with E-state index in [-0.39, 0.29) is 11.6 Å². The summed E-state index contributed by atoms with van der Waals surface area (Å²) in [7, 11) is 0.